The fourth-order valence-corrected chi connectivity index (χ4v) is 3.81. The molecule has 0 saturated carbocycles. The van der Waals surface area contributed by atoms with Crippen molar-refractivity contribution in [3.05, 3.63) is 42.2 Å². The van der Waals surface area contributed by atoms with Crippen LogP contribution in [0.2, 0.25) is 0 Å². The number of sulfone groups is 1. The molecule has 1 atom stereocenters. The van der Waals surface area contributed by atoms with Crippen LogP contribution in [-0.2, 0) is 9.84 Å². The topological polar surface area (TPSA) is 75.3 Å². The van der Waals surface area contributed by atoms with Crippen molar-refractivity contribution >= 4 is 9.84 Å². The van der Waals surface area contributed by atoms with Crippen LogP contribution in [0.5, 0.6) is 5.75 Å². The average molecular weight is 335 g/mol. The highest BCUT2D eigenvalue weighted by atomic mass is 32.2. The second-order valence-corrected chi connectivity index (χ2v) is 7.85. The van der Waals surface area contributed by atoms with Crippen LogP contribution in [0.15, 0.2) is 41.4 Å². The predicted molar refractivity (Wildman–Crippen MR) is 87.4 cm³/mol. The molecule has 3 rings (SSSR count). The molecule has 0 bridgehead atoms. The quantitative estimate of drug-likeness (QED) is 0.869. The number of para-hydroxylation sites is 1. The summed E-state index contributed by atoms with van der Waals surface area (Å²) in [6.45, 7) is 3.21. The van der Waals surface area contributed by atoms with E-state index in [1.807, 2.05) is 30.3 Å². The van der Waals surface area contributed by atoms with Crippen LogP contribution in [0.3, 0.4) is 0 Å². The van der Waals surface area contributed by atoms with Gasteiger partial charge in [-0.25, -0.2) is 8.42 Å². The van der Waals surface area contributed by atoms with Crippen LogP contribution in [0.4, 0.5) is 0 Å². The zero-order chi connectivity index (χ0) is 16.3. The fourth-order valence-electron chi connectivity index (χ4n) is 2.95. The van der Waals surface area contributed by atoms with Crippen molar-refractivity contribution in [2.45, 2.75) is 17.2 Å². The van der Waals surface area contributed by atoms with Crippen LogP contribution < -0.4 is 4.74 Å². The molecule has 0 spiro atoms. The normalized spacial score (nSPS) is 19.1. The number of rotatable bonds is 6. The summed E-state index contributed by atoms with van der Waals surface area (Å²) in [5.74, 6) is 1.05. The minimum absolute atomic E-state index is 0.180. The SMILES string of the molecule is CS(=O)(=O)c1cn[nH]c1C1CCN(CCOc2ccccc2)C1. The molecule has 0 amide bonds. The second-order valence-electron chi connectivity index (χ2n) is 5.87. The number of hydrogen-bond acceptors (Lipinski definition) is 5. The number of aromatic nitrogens is 2. The summed E-state index contributed by atoms with van der Waals surface area (Å²) >= 11 is 0. The van der Waals surface area contributed by atoms with Crippen molar-refractivity contribution in [1.29, 1.82) is 0 Å². The van der Waals surface area contributed by atoms with Crippen LogP contribution in [0.1, 0.15) is 18.0 Å². The summed E-state index contributed by atoms with van der Waals surface area (Å²) < 4.78 is 29.3. The first-order valence-corrected chi connectivity index (χ1v) is 9.56. The predicted octanol–water partition coefficient (Wildman–Crippen LogP) is 1.68. The molecule has 124 valence electrons. The number of ether oxygens (including phenoxy) is 1. The summed E-state index contributed by atoms with van der Waals surface area (Å²) in [7, 11) is -3.23. The standard InChI is InChI=1S/C16H21N3O3S/c1-23(20,21)15-11-17-18-16(15)13-7-8-19(12-13)9-10-22-14-5-3-2-4-6-14/h2-6,11,13H,7-10,12H2,1H3,(H,17,18). The maximum Gasteiger partial charge on any atom is 0.178 e. The van der Waals surface area contributed by atoms with E-state index in [0.29, 0.717) is 11.5 Å². The summed E-state index contributed by atoms with van der Waals surface area (Å²) in [6.07, 6.45) is 3.56. The molecule has 1 fully saturated rings. The van der Waals surface area contributed by atoms with E-state index >= 15 is 0 Å². The van der Waals surface area contributed by atoms with Gasteiger partial charge in [-0.15, -0.1) is 0 Å². The first-order chi connectivity index (χ1) is 11.0. The minimum atomic E-state index is -3.23. The molecular weight excluding hydrogens is 314 g/mol. The largest absolute Gasteiger partial charge is 0.492 e. The van der Waals surface area contributed by atoms with Crippen molar-refractivity contribution in [3.63, 3.8) is 0 Å². The number of likely N-dealkylation sites (tertiary alicyclic amines) is 1. The van der Waals surface area contributed by atoms with Gasteiger partial charge in [0.2, 0.25) is 0 Å². The molecule has 1 aliphatic heterocycles. The molecule has 2 aromatic rings. The van der Waals surface area contributed by atoms with Crippen LogP contribution in [0, 0.1) is 0 Å². The van der Waals surface area contributed by atoms with Gasteiger partial charge in [0.1, 0.15) is 17.3 Å². The Kier molecular flexibility index (Phi) is 4.68. The van der Waals surface area contributed by atoms with Crippen LogP contribution in [0.25, 0.3) is 0 Å². The lowest BCUT2D eigenvalue weighted by Crippen LogP contribution is -2.26. The zero-order valence-electron chi connectivity index (χ0n) is 13.1. The fraction of sp³-hybridized carbons (Fsp3) is 0.438. The summed E-state index contributed by atoms with van der Waals surface area (Å²) in [5, 5.41) is 6.78. The summed E-state index contributed by atoms with van der Waals surface area (Å²) in [6, 6.07) is 9.74. The Morgan fingerprint density at radius 3 is 2.87 bits per heavy atom. The maximum atomic E-state index is 11.8. The molecule has 6 nitrogen and oxygen atoms in total. The van der Waals surface area contributed by atoms with E-state index in [1.165, 1.54) is 12.5 Å². The van der Waals surface area contributed by atoms with Gasteiger partial charge < -0.3 is 4.74 Å². The lowest BCUT2D eigenvalue weighted by atomic mass is 10.1. The zero-order valence-corrected chi connectivity index (χ0v) is 13.9. The van der Waals surface area contributed by atoms with Crippen molar-refractivity contribution in [1.82, 2.24) is 15.1 Å². The second kappa shape index (κ2) is 6.72. The number of nitrogens with one attached hydrogen (secondary N) is 1. The smallest absolute Gasteiger partial charge is 0.178 e. The van der Waals surface area contributed by atoms with Gasteiger partial charge in [0.05, 0.1) is 11.9 Å². The molecule has 7 heteroatoms. The summed E-state index contributed by atoms with van der Waals surface area (Å²) in [5.41, 5.74) is 0.735. The van der Waals surface area contributed by atoms with Gasteiger partial charge in [0.15, 0.2) is 9.84 Å². The van der Waals surface area contributed by atoms with Crippen LogP contribution >= 0.6 is 0 Å². The van der Waals surface area contributed by atoms with Gasteiger partial charge in [-0.05, 0) is 25.1 Å². The highest BCUT2D eigenvalue weighted by Gasteiger charge is 2.29. The minimum Gasteiger partial charge on any atom is -0.492 e. The Bertz CT molecular complexity index is 743. The van der Waals surface area contributed by atoms with E-state index in [-0.39, 0.29) is 5.92 Å². The number of hydrogen-bond donors (Lipinski definition) is 1. The first kappa shape index (κ1) is 16.0. The molecule has 1 N–H and O–H groups in total. The highest BCUT2D eigenvalue weighted by molar-refractivity contribution is 7.90. The Morgan fingerprint density at radius 1 is 1.35 bits per heavy atom. The van der Waals surface area contributed by atoms with E-state index in [4.69, 9.17) is 4.74 Å². The third-order valence-corrected chi connectivity index (χ3v) is 5.26. The van der Waals surface area contributed by atoms with E-state index < -0.39 is 9.84 Å². The lowest BCUT2D eigenvalue weighted by molar-refractivity contribution is 0.236. The molecule has 1 aromatic heterocycles. The monoisotopic (exact) mass is 335 g/mol. The lowest BCUT2D eigenvalue weighted by Gasteiger charge is -2.16. The van der Waals surface area contributed by atoms with E-state index in [2.05, 4.69) is 15.1 Å². The Labute approximate surface area is 136 Å². The molecular formula is C16H21N3O3S. The van der Waals surface area contributed by atoms with Gasteiger partial charge in [-0.2, -0.15) is 5.10 Å². The molecule has 1 unspecified atom stereocenters. The molecule has 1 saturated heterocycles. The van der Waals surface area contributed by atoms with Crippen molar-refractivity contribution < 1.29 is 13.2 Å². The Hall–Kier alpha value is -1.86. The van der Waals surface area contributed by atoms with Gasteiger partial charge in [0, 0.05) is 25.3 Å². The molecule has 2 heterocycles. The first-order valence-electron chi connectivity index (χ1n) is 7.67. The third kappa shape index (κ3) is 3.92. The Balaban J connectivity index is 1.54. The van der Waals surface area contributed by atoms with Crippen molar-refractivity contribution in [3.8, 4) is 5.75 Å². The summed E-state index contributed by atoms with van der Waals surface area (Å²) in [4.78, 5) is 2.62. The van der Waals surface area contributed by atoms with Crippen LogP contribution in [-0.4, -0.2) is 56.0 Å². The highest BCUT2D eigenvalue weighted by Crippen LogP contribution is 2.29. The van der Waals surface area contributed by atoms with E-state index in [9.17, 15) is 8.42 Å². The molecule has 0 radical (unpaired) electrons. The number of nitrogens with zero attached hydrogens (tertiary/aromatic N) is 2. The van der Waals surface area contributed by atoms with Gasteiger partial charge in [-0.1, -0.05) is 18.2 Å². The number of aromatic amines is 1. The number of H-pyrrole nitrogens is 1. The maximum absolute atomic E-state index is 11.8. The van der Waals surface area contributed by atoms with E-state index in [1.54, 1.807) is 0 Å². The van der Waals surface area contributed by atoms with Crippen molar-refractivity contribution in [2.24, 2.45) is 0 Å². The third-order valence-electron chi connectivity index (χ3n) is 4.13. The average Bonchev–Trinajstić information content (AvgIpc) is 3.16. The van der Waals surface area contributed by atoms with Crippen molar-refractivity contribution in [2.75, 3.05) is 32.5 Å². The molecule has 23 heavy (non-hydrogen) atoms. The molecule has 1 aromatic carbocycles. The Morgan fingerprint density at radius 2 is 2.13 bits per heavy atom. The van der Waals surface area contributed by atoms with E-state index in [0.717, 1.165) is 37.5 Å². The molecule has 1 aliphatic rings. The van der Waals surface area contributed by atoms with Gasteiger partial charge >= 0.3 is 0 Å². The van der Waals surface area contributed by atoms with Gasteiger partial charge in [-0.3, -0.25) is 10.00 Å². The number of benzene rings is 1. The van der Waals surface area contributed by atoms with Gasteiger partial charge in [0.25, 0.3) is 0 Å². The molecule has 0 aliphatic carbocycles.